The number of anilines is 3. The number of carbonyl (C=O) groups excluding carboxylic acids is 1. The van der Waals surface area contributed by atoms with E-state index in [1.54, 1.807) is 60.5 Å². The molecule has 0 aliphatic heterocycles. The third-order valence-corrected chi connectivity index (χ3v) is 6.79. The Morgan fingerprint density at radius 3 is 2.24 bits per heavy atom. The number of aryl methyl sites for hydroxylation is 1. The van der Waals surface area contributed by atoms with Gasteiger partial charge in [0.05, 0.1) is 22.5 Å². The standard InChI is InChI=1S/C31H36F3N3O4/c1-21-10-13-23(14-11-21)35-29(40)36-26-20-22(24-8-5-6-9-25(24)28(38)39)12-15-27(26)37(18-7-16-31(32,33)34)19-17-30(2,3)41-4/h5-6,8-15,20H,7,16-19H2,1-4H3,(H,38,39)(H2,35,36,40). The second kappa shape index (κ2) is 13.5. The molecule has 0 bridgehead atoms. The number of ether oxygens (including phenoxy) is 1. The number of rotatable bonds is 12. The molecule has 0 aliphatic carbocycles. The van der Waals surface area contributed by atoms with Crippen LogP contribution in [-0.2, 0) is 4.74 Å². The molecule has 0 atom stereocenters. The molecule has 0 fully saturated rings. The summed E-state index contributed by atoms with van der Waals surface area (Å²) in [6.07, 6.45) is -4.88. The highest BCUT2D eigenvalue weighted by atomic mass is 19.4. The predicted molar refractivity (Wildman–Crippen MR) is 156 cm³/mol. The van der Waals surface area contributed by atoms with Gasteiger partial charge in [-0.25, -0.2) is 9.59 Å². The van der Waals surface area contributed by atoms with Crippen molar-refractivity contribution >= 4 is 29.1 Å². The van der Waals surface area contributed by atoms with Crippen molar-refractivity contribution in [2.24, 2.45) is 0 Å². The van der Waals surface area contributed by atoms with Crippen LogP contribution >= 0.6 is 0 Å². The van der Waals surface area contributed by atoms with Gasteiger partial charge in [0.1, 0.15) is 0 Å². The van der Waals surface area contributed by atoms with Crippen molar-refractivity contribution in [1.82, 2.24) is 0 Å². The van der Waals surface area contributed by atoms with Gasteiger partial charge in [-0.3, -0.25) is 0 Å². The van der Waals surface area contributed by atoms with E-state index in [9.17, 15) is 27.9 Å². The molecule has 0 aromatic heterocycles. The van der Waals surface area contributed by atoms with Crippen LogP contribution in [0.1, 0.15) is 49.0 Å². The monoisotopic (exact) mass is 571 g/mol. The number of urea groups is 1. The van der Waals surface area contributed by atoms with Crippen LogP contribution in [-0.4, -0.2) is 49.1 Å². The van der Waals surface area contributed by atoms with Gasteiger partial charge >= 0.3 is 18.2 Å². The molecule has 3 aromatic rings. The molecule has 2 amide bonds. The van der Waals surface area contributed by atoms with E-state index in [4.69, 9.17) is 4.74 Å². The largest absolute Gasteiger partial charge is 0.478 e. The predicted octanol–water partition coefficient (Wildman–Crippen LogP) is 7.97. The van der Waals surface area contributed by atoms with Crippen LogP contribution in [0.3, 0.4) is 0 Å². The molecule has 0 radical (unpaired) electrons. The fourth-order valence-electron chi connectivity index (χ4n) is 4.25. The van der Waals surface area contributed by atoms with Gasteiger partial charge in [0.15, 0.2) is 0 Å². The van der Waals surface area contributed by atoms with Gasteiger partial charge in [-0.2, -0.15) is 13.2 Å². The third kappa shape index (κ3) is 9.53. The van der Waals surface area contributed by atoms with E-state index in [0.29, 0.717) is 41.2 Å². The smallest absolute Gasteiger partial charge is 0.389 e. The topological polar surface area (TPSA) is 90.9 Å². The molecule has 0 unspecified atom stereocenters. The molecular formula is C31H36F3N3O4. The number of alkyl halides is 3. The Morgan fingerprint density at radius 1 is 0.927 bits per heavy atom. The zero-order chi connectivity index (χ0) is 30.2. The van der Waals surface area contributed by atoms with Crippen LogP contribution in [0, 0.1) is 6.92 Å². The fraction of sp³-hybridized carbons (Fsp3) is 0.355. The van der Waals surface area contributed by atoms with Crippen LogP contribution in [0.2, 0.25) is 0 Å². The molecular weight excluding hydrogens is 535 g/mol. The lowest BCUT2D eigenvalue weighted by Gasteiger charge is -2.32. The Balaban J connectivity index is 2.03. The summed E-state index contributed by atoms with van der Waals surface area (Å²) < 4.78 is 44.6. The van der Waals surface area contributed by atoms with Gasteiger partial charge in [-0.15, -0.1) is 0 Å². The Labute approximate surface area is 238 Å². The van der Waals surface area contributed by atoms with Gasteiger partial charge in [0.25, 0.3) is 0 Å². The quantitative estimate of drug-likeness (QED) is 0.205. The molecule has 0 heterocycles. The molecule has 0 spiro atoms. The average molecular weight is 572 g/mol. The van der Waals surface area contributed by atoms with Gasteiger partial charge in [0.2, 0.25) is 0 Å². The summed E-state index contributed by atoms with van der Waals surface area (Å²) in [6.45, 7) is 6.15. The molecule has 0 saturated carbocycles. The second-order valence-electron chi connectivity index (χ2n) is 10.4. The first-order valence-electron chi connectivity index (χ1n) is 13.3. The van der Waals surface area contributed by atoms with Crippen molar-refractivity contribution in [3.63, 3.8) is 0 Å². The molecule has 10 heteroatoms. The summed E-state index contributed by atoms with van der Waals surface area (Å²) in [5.41, 5.74) is 2.95. The van der Waals surface area contributed by atoms with Crippen molar-refractivity contribution < 1.29 is 32.6 Å². The number of carbonyl (C=O) groups is 2. The Hall–Kier alpha value is -4.05. The Kier molecular flexibility index (Phi) is 10.4. The van der Waals surface area contributed by atoms with Gasteiger partial charge < -0.3 is 25.4 Å². The minimum atomic E-state index is -4.29. The molecule has 7 nitrogen and oxygen atoms in total. The molecule has 0 saturated heterocycles. The number of aromatic carboxylic acids is 1. The zero-order valence-electron chi connectivity index (χ0n) is 23.6. The number of hydrogen-bond acceptors (Lipinski definition) is 4. The lowest BCUT2D eigenvalue weighted by atomic mass is 9.98. The van der Waals surface area contributed by atoms with E-state index >= 15 is 0 Å². The maximum Gasteiger partial charge on any atom is 0.389 e. The number of carboxylic acids is 1. The fourth-order valence-corrected chi connectivity index (χ4v) is 4.25. The minimum absolute atomic E-state index is 0.0820. The number of nitrogens with zero attached hydrogens (tertiary/aromatic N) is 1. The van der Waals surface area contributed by atoms with Crippen molar-refractivity contribution in [3.05, 3.63) is 77.9 Å². The third-order valence-electron chi connectivity index (χ3n) is 6.79. The first kappa shape index (κ1) is 31.5. The summed E-state index contributed by atoms with van der Waals surface area (Å²) in [5, 5.41) is 15.3. The minimum Gasteiger partial charge on any atom is -0.478 e. The van der Waals surface area contributed by atoms with Crippen LogP contribution < -0.4 is 15.5 Å². The number of halogens is 3. The number of benzene rings is 3. The lowest BCUT2D eigenvalue weighted by Crippen LogP contribution is -2.34. The number of hydrogen-bond donors (Lipinski definition) is 3. The normalized spacial score (nSPS) is 11.7. The Bertz CT molecular complexity index is 1340. The van der Waals surface area contributed by atoms with Crippen LogP contribution in [0.25, 0.3) is 11.1 Å². The van der Waals surface area contributed by atoms with Crippen molar-refractivity contribution in [3.8, 4) is 11.1 Å². The maximum atomic E-state index is 13.1. The molecule has 3 aromatic carbocycles. The zero-order valence-corrected chi connectivity index (χ0v) is 23.6. The first-order chi connectivity index (χ1) is 19.3. The van der Waals surface area contributed by atoms with Gasteiger partial charge in [0, 0.05) is 32.3 Å². The molecule has 41 heavy (non-hydrogen) atoms. The van der Waals surface area contributed by atoms with Crippen LogP contribution in [0.5, 0.6) is 0 Å². The van der Waals surface area contributed by atoms with Gasteiger partial charge in [-0.05, 0) is 75.1 Å². The van der Waals surface area contributed by atoms with Crippen LogP contribution in [0.15, 0.2) is 66.7 Å². The van der Waals surface area contributed by atoms with E-state index in [1.807, 2.05) is 32.9 Å². The summed E-state index contributed by atoms with van der Waals surface area (Å²) in [5.74, 6) is -1.10. The molecule has 220 valence electrons. The Morgan fingerprint density at radius 2 is 1.61 bits per heavy atom. The van der Waals surface area contributed by atoms with E-state index < -0.39 is 30.2 Å². The lowest BCUT2D eigenvalue weighted by molar-refractivity contribution is -0.135. The number of carboxylic acid groups (broad SMARTS) is 1. The molecule has 0 aliphatic rings. The van der Waals surface area contributed by atoms with E-state index in [-0.39, 0.29) is 18.5 Å². The highest BCUT2D eigenvalue weighted by molar-refractivity contribution is 6.03. The first-order valence-corrected chi connectivity index (χ1v) is 13.3. The molecule has 3 N–H and O–H groups in total. The van der Waals surface area contributed by atoms with Crippen molar-refractivity contribution in [2.45, 2.75) is 51.8 Å². The number of methoxy groups -OCH3 is 1. The molecule has 3 rings (SSSR count). The van der Waals surface area contributed by atoms with Crippen LogP contribution in [0.4, 0.5) is 35.0 Å². The maximum absolute atomic E-state index is 13.1. The average Bonchev–Trinajstić information content (AvgIpc) is 2.91. The highest BCUT2D eigenvalue weighted by Crippen LogP contribution is 2.35. The van der Waals surface area contributed by atoms with Crippen molar-refractivity contribution in [2.75, 3.05) is 35.7 Å². The number of amides is 2. The van der Waals surface area contributed by atoms with Gasteiger partial charge in [-0.1, -0.05) is 42.0 Å². The number of nitrogens with one attached hydrogen (secondary N) is 2. The van der Waals surface area contributed by atoms with Crippen molar-refractivity contribution in [1.29, 1.82) is 0 Å². The highest BCUT2D eigenvalue weighted by Gasteiger charge is 2.27. The summed E-state index contributed by atoms with van der Waals surface area (Å²) >= 11 is 0. The van der Waals surface area contributed by atoms with E-state index in [0.717, 1.165) is 5.56 Å². The SMILES string of the molecule is COC(C)(C)CCN(CCCC(F)(F)F)c1ccc(-c2ccccc2C(=O)O)cc1NC(=O)Nc1ccc(C)cc1. The van der Waals surface area contributed by atoms with E-state index in [2.05, 4.69) is 10.6 Å². The summed E-state index contributed by atoms with van der Waals surface area (Å²) in [6, 6.07) is 18.2. The summed E-state index contributed by atoms with van der Waals surface area (Å²) in [7, 11) is 1.57. The second-order valence-corrected chi connectivity index (χ2v) is 10.4. The van der Waals surface area contributed by atoms with E-state index in [1.165, 1.54) is 6.07 Å². The summed E-state index contributed by atoms with van der Waals surface area (Å²) in [4.78, 5) is 26.7.